The summed E-state index contributed by atoms with van der Waals surface area (Å²) < 4.78 is 0. The van der Waals surface area contributed by atoms with Gasteiger partial charge in [0.2, 0.25) is 0 Å². The molecule has 0 spiro atoms. The molecule has 0 bridgehead atoms. The molecule has 0 aliphatic heterocycles. The van der Waals surface area contributed by atoms with Gasteiger partial charge in [0, 0.05) is 6.07 Å². The molecule has 0 saturated carbocycles. The van der Waals surface area contributed by atoms with Gasteiger partial charge in [-0.15, -0.1) is 0 Å². The maximum atomic E-state index is 10.1. The van der Waals surface area contributed by atoms with Crippen molar-refractivity contribution in [2.75, 3.05) is 0 Å². The number of rotatable bonds is 1. The Morgan fingerprint density at radius 3 is 2.14 bits per heavy atom. The van der Waals surface area contributed by atoms with Crippen molar-refractivity contribution in [2.45, 2.75) is 0 Å². The number of para-hydroxylation sites is 2. The molecule has 0 saturated heterocycles. The van der Waals surface area contributed by atoms with E-state index in [1.165, 1.54) is 24.3 Å². The second-order valence-corrected chi connectivity index (χ2v) is 2.08. The van der Waals surface area contributed by atoms with Gasteiger partial charge < -0.3 is 15.9 Å². The normalized spacial score (nSPS) is 8.29. The highest BCUT2D eigenvalue weighted by Crippen LogP contribution is 2.23. The fourth-order valence-electron chi connectivity index (χ4n) is 0.619. The molecule has 7 heteroatoms. The van der Waals surface area contributed by atoms with E-state index < -0.39 is 11.0 Å². The fourth-order valence-corrected chi connectivity index (χ4v) is 0.619. The third-order valence-electron chi connectivity index (χ3n) is 1.08. The van der Waals surface area contributed by atoms with E-state index in [4.69, 9.17) is 15.0 Å². The summed E-state index contributed by atoms with van der Waals surface area (Å²) in [5.74, 6) is -0.299. The minimum atomic E-state index is -1.33. The number of primary amides is 1. The number of nitrogens with two attached hydrogens (primary N) is 1. The number of benzene rings is 1. The molecule has 0 heterocycles. The van der Waals surface area contributed by atoms with Crippen molar-refractivity contribution in [1.29, 1.82) is 0 Å². The van der Waals surface area contributed by atoms with Crippen molar-refractivity contribution in [3.63, 3.8) is 0 Å². The number of carboxylic acid groups (broad SMARTS) is 1. The summed E-state index contributed by atoms with van der Waals surface area (Å²) in [5, 5.41) is 26.1. The van der Waals surface area contributed by atoms with Gasteiger partial charge in [0.1, 0.15) is 0 Å². The SMILES string of the molecule is NC(=O)O.O=[N+]([O-])c1ccccc1O. The summed E-state index contributed by atoms with van der Waals surface area (Å²) in [6, 6.07) is 5.55. The zero-order chi connectivity index (χ0) is 11.1. The summed E-state index contributed by atoms with van der Waals surface area (Å²) in [6.07, 6.45) is -1.33. The predicted molar refractivity (Wildman–Crippen MR) is 47.0 cm³/mol. The summed E-state index contributed by atoms with van der Waals surface area (Å²) in [7, 11) is 0. The molecule has 76 valence electrons. The van der Waals surface area contributed by atoms with Gasteiger partial charge in [-0.05, 0) is 6.07 Å². The highest BCUT2D eigenvalue weighted by molar-refractivity contribution is 5.61. The zero-order valence-electron chi connectivity index (χ0n) is 6.95. The van der Waals surface area contributed by atoms with E-state index in [9.17, 15) is 10.1 Å². The van der Waals surface area contributed by atoms with Crippen LogP contribution in [0.2, 0.25) is 0 Å². The van der Waals surface area contributed by atoms with Crippen molar-refractivity contribution < 1.29 is 19.9 Å². The van der Waals surface area contributed by atoms with Gasteiger partial charge in [-0.25, -0.2) is 4.79 Å². The number of nitro benzene ring substituents is 1. The van der Waals surface area contributed by atoms with Gasteiger partial charge in [-0.2, -0.15) is 0 Å². The molecule has 0 atom stereocenters. The van der Waals surface area contributed by atoms with Gasteiger partial charge in [0.05, 0.1) is 4.92 Å². The molecule has 0 unspecified atom stereocenters. The number of aromatic hydroxyl groups is 1. The summed E-state index contributed by atoms with van der Waals surface area (Å²) in [4.78, 5) is 18.2. The fraction of sp³-hybridized carbons (Fsp3) is 0. The molecule has 0 fully saturated rings. The zero-order valence-corrected chi connectivity index (χ0v) is 6.95. The van der Waals surface area contributed by atoms with Gasteiger partial charge in [-0.1, -0.05) is 12.1 Å². The second-order valence-electron chi connectivity index (χ2n) is 2.08. The first-order valence-corrected chi connectivity index (χ1v) is 3.36. The number of nitro groups is 1. The van der Waals surface area contributed by atoms with E-state index in [1.807, 2.05) is 0 Å². The maximum absolute atomic E-state index is 10.1. The first-order chi connectivity index (χ1) is 6.45. The predicted octanol–water partition coefficient (Wildman–Crippen LogP) is 0.924. The highest BCUT2D eigenvalue weighted by atomic mass is 16.6. The number of phenolic OH excluding ortho intramolecular Hbond substituents is 1. The van der Waals surface area contributed by atoms with Gasteiger partial charge in [0.25, 0.3) is 0 Å². The maximum Gasteiger partial charge on any atom is 0.402 e. The molecule has 7 nitrogen and oxygen atoms in total. The third-order valence-corrected chi connectivity index (χ3v) is 1.08. The van der Waals surface area contributed by atoms with Crippen LogP contribution in [0.5, 0.6) is 5.75 Å². The summed E-state index contributed by atoms with van der Waals surface area (Å²) in [5.41, 5.74) is 3.77. The number of nitrogens with zero attached hydrogens (tertiary/aromatic N) is 1. The van der Waals surface area contributed by atoms with E-state index in [0.29, 0.717) is 0 Å². The quantitative estimate of drug-likeness (QED) is 0.458. The summed E-state index contributed by atoms with van der Waals surface area (Å²) >= 11 is 0. The summed E-state index contributed by atoms with van der Waals surface area (Å²) in [6.45, 7) is 0. The molecule has 4 N–H and O–H groups in total. The smallest absolute Gasteiger partial charge is 0.402 e. The van der Waals surface area contributed by atoms with Crippen LogP contribution < -0.4 is 5.73 Å². The molecular weight excluding hydrogens is 192 g/mol. The van der Waals surface area contributed by atoms with Crippen LogP contribution in [0.4, 0.5) is 10.5 Å². The standard InChI is InChI=1S/C6H5NO3.CH3NO2/c8-6-4-2-1-3-5(6)7(9)10;2-1(3)4/h1-4,8H;2H2,(H,3,4). The monoisotopic (exact) mass is 200 g/mol. The lowest BCUT2D eigenvalue weighted by atomic mass is 10.3. The van der Waals surface area contributed by atoms with Crippen LogP contribution in [0.1, 0.15) is 0 Å². The van der Waals surface area contributed by atoms with Crippen LogP contribution >= 0.6 is 0 Å². The third kappa shape index (κ3) is 4.54. The van der Waals surface area contributed by atoms with Crippen molar-refractivity contribution in [3.8, 4) is 5.75 Å². The Kier molecular flexibility index (Phi) is 4.47. The van der Waals surface area contributed by atoms with Gasteiger partial charge >= 0.3 is 11.8 Å². The lowest BCUT2D eigenvalue weighted by molar-refractivity contribution is -0.385. The van der Waals surface area contributed by atoms with Crippen LogP contribution in [0.15, 0.2) is 24.3 Å². The van der Waals surface area contributed by atoms with E-state index >= 15 is 0 Å². The van der Waals surface area contributed by atoms with Crippen molar-refractivity contribution in [1.82, 2.24) is 0 Å². The Morgan fingerprint density at radius 2 is 1.86 bits per heavy atom. The van der Waals surface area contributed by atoms with Crippen LogP contribution in [-0.4, -0.2) is 21.2 Å². The number of hydrogen-bond donors (Lipinski definition) is 3. The minimum absolute atomic E-state index is 0.262. The van der Waals surface area contributed by atoms with Gasteiger partial charge in [0.15, 0.2) is 5.75 Å². The lowest BCUT2D eigenvalue weighted by Crippen LogP contribution is -2.03. The Labute approximate surface area is 78.5 Å². The number of hydrogen-bond acceptors (Lipinski definition) is 4. The first-order valence-electron chi connectivity index (χ1n) is 3.36. The molecule has 14 heavy (non-hydrogen) atoms. The number of phenols is 1. The molecule has 0 aliphatic carbocycles. The molecule has 1 amide bonds. The van der Waals surface area contributed by atoms with Gasteiger partial charge in [-0.3, -0.25) is 10.1 Å². The Hall–Kier alpha value is -2.31. The minimum Gasteiger partial charge on any atom is -0.502 e. The molecule has 1 aromatic rings. The van der Waals surface area contributed by atoms with E-state index in [2.05, 4.69) is 5.73 Å². The van der Waals surface area contributed by atoms with Crippen molar-refractivity contribution in [3.05, 3.63) is 34.4 Å². The molecule has 0 aliphatic rings. The van der Waals surface area contributed by atoms with Crippen molar-refractivity contribution >= 4 is 11.8 Å². The Morgan fingerprint density at radius 1 is 1.43 bits per heavy atom. The van der Waals surface area contributed by atoms with E-state index in [1.54, 1.807) is 0 Å². The molecule has 1 rings (SSSR count). The van der Waals surface area contributed by atoms with E-state index in [0.717, 1.165) is 0 Å². The number of carbonyl (C=O) groups is 1. The van der Waals surface area contributed by atoms with E-state index in [-0.39, 0.29) is 11.4 Å². The average molecular weight is 200 g/mol. The van der Waals surface area contributed by atoms with Crippen LogP contribution in [-0.2, 0) is 0 Å². The Bertz CT molecular complexity index is 335. The molecule has 0 aromatic heterocycles. The average Bonchev–Trinajstić information content (AvgIpc) is 2.03. The van der Waals surface area contributed by atoms with Crippen LogP contribution in [0.25, 0.3) is 0 Å². The number of amides is 1. The molecule has 0 radical (unpaired) electrons. The molecular formula is C7H8N2O5. The topological polar surface area (TPSA) is 127 Å². The molecule has 1 aromatic carbocycles. The van der Waals surface area contributed by atoms with Crippen molar-refractivity contribution in [2.24, 2.45) is 5.73 Å². The van der Waals surface area contributed by atoms with Crippen LogP contribution in [0, 0.1) is 10.1 Å². The lowest BCUT2D eigenvalue weighted by Gasteiger charge is -1.91. The Balaban J connectivity index is 0.000000364. The first kappa shape index (κ1) is 11.7. The highest BCUT2D eigenvalue weighted by Gasteiger charge is 2.09. The van der Waals surface area contributed by atoms with Crippen LogP contribution in [0.3, 0.4) is 0 Å². The largest absolute Gasteiger partial charge is 0.502 e. The second kappa shape index (κ2) is 5.36.